The first-order chi connectivity index (χ1) is 9.67. The van der Waals surface area contributed by atoms with Crippen LogP contribution in [-0.2, 0) is 6.42 Å². The van der Waals surface area contributed by atoms with E-state index in [-0.39, 0.29) is 11.1 Å². The Balaban J connectivity index is 1.82. The number of rotatable bonds is 5. The van der Waals surface area contributed by atoms with Crippen LogP contribution in [0.5, 0.6) is 0 Å². The summed E-state index contributed by atoms with van der Waals surface area (Å²) in [7, 11) is 0. The first-order valence-electron chi connectivity index (χ1n) is 8.02. The second kappa shape index (κ2) is 6.05. The van der Waals surface area contributed by atoms with Gasteiger partial charge in [0.2, 0.25) is 5.89 Å². The predicted molar refractivity (Wildman–Crippen MR) is 84.4 cm³/mol. The molecular formula is C16H30N4O. The molecule has 1 aromatic rings. The minimum atomic E-state index is 0.177. The maximum atomic E-state index is 5.24. The van der Waals surface area contributed by atoms with E-state index in [1.807, 2.05) is 0 Å². The topological polar surface area (TPSA) is 63.0 Å². The molecule has 0 radical (unpaired) electrons. The largest absolute Gasteiger partial charge is 0.339 e. The molecule has 2 rings (SSSR count). The average Bonchev–Trinajstić information content (AvgIpc) is 2.73. The molecule has 0 amide bonds. The summed E-state index contributed by atoms with van der Waals surface area (Å²) >= 11 is 0. The van der Waals surface area contributed by atoms with Crippen LogP contribution in [0.4, 0.5) is 0 Å². The third-order valence-corrected chi connectivity index (χ3v) is 3.95. The van der Waals surface area contributed by atoms with Crippen LogP contribution in [0.1, 0.15) is 72.0 Å². The Morgan fingerprint density at radius 3 is 2.38 bits per heavy atom. The van der Waals surface area contributed by atoms with Crippen LogP contribution in [0, 0.1) is 0 Å². The minimum Gasteiger partial charge on any atom is -0.339 e. The Hall–Kier alpha value is -0.940. The zero-order chi connectivity index (χ0) is 15.7. The Labute approximate surface area is 128 Å². The Morgan fingerprint density at radius 2 is 1.86 bits per heavy atom. The molecule has 0 saturated carbocycles. The fraction of sp³-hybridized carbons (Fsp3) is 0.875. The van der Waals surface area contributed by atoms with E-state index in [1.54, 1.807) is 0 Å². The summed E-state index contributed by atoms with van der Waals surface area (Å²) in [5.74, 6) is 1.83. The maximum Gasteiger partial charge on any atom is 0.229 e. The van der Waals surface area contributed by atoms with E-state index in [0.717, 1.165) is 37.5 Å². The lowest BCUT2D eigenvalue weighted by molar-refractivity contribution is 0.146. The molecule has 0 aliphatic carbocycles. The summed E-state index contributed by atoms with van der Waals surface area (Å²) in [6.45, 7) is 14.1. The van der Waals surface area contributed by atoms with Gasteiger partial charge in [-0.2, -0.15) is 4.98 Å². The second-order valence-electron chi connectivity index (χ2n) is 7.91. The highest BCUT2D eigenvalue weighted by molar-refractivity contribution is 5.00. The predicted octanol–water partition coefficient (Wildman–Crippen LogP) is 2.63. The van der Waals surface area contributed by atoms with Crippen molar-refractivity contribution in [2.24, 2.45) is 0 Å². The molecule has 120 valence electrons. The van der Waals surface area contributed by atoms with Crippen LogP contribution in [0.3, 0.4) is 0 Å². The van der Waals surface area contributed by atoms with Crippen LogP contribution >= 0.6 is 0 Å². The van der Waals surface area contributed by atoms with Crippen molar-refractivity contribution < 1.29 is 4.52 Å². The van der Waals surface area contributed by atoms with Gasteiger partial charge in [-0.1, -0.05) is 19.0 Å². The molecule has 2 heterocycles. The molecule has 5 nitrogen and oxygen atoms in total. The van der Waals surface area contributed by atoms with Gasteiger partial charge in [0.25, 0.3) is 0 Å². The van der Waals surface area contributed by atoms with Crippen LogP contribution in [0.25, 0.3) is 0 Å². The molecule has 1 aliphatic rings. The summed E-state index contributed by atoms with van der Waals surface area (Å²) in [6, 6.07) is 0.535. The molecule has 0 aromatic carbocycles. The van der Waals surface area contributed by atoms with Crippen molar-refractivity contribution in [1.29, 1.82) is 0 Å². The Morgan fingerprint density at radius 1 is 1.24 bits per heavy atom. The summed E-state index contributed by atoms with van der Waals surface area (Å²) in [4.78, 5) is 4.42. The van der Waals surface area contributed by atoms with Crippen LogP contribution < -0.4 is 10.6 Å². The Bertz CT molecular complexity index is 449. The van der Waals surface area contributed by atoms with Gasteiger partial charge in [0.1, 0.15) is 0 Å². The molecule has 5 heteroatoms. The smallest absolute Gasteiger partial charge is 0.229 e. The number of nitrogens with one attached hydrogen (secondary N) is 2. The van der Waals surface area contributed by atoms with Crippen molar-refractivity contribution in [2.45, 2.75) is 83.8 Å². The van der Waals surface area contributed by atoms with E-state index in [4.69, 9.17) is 4.52 Å². The first-order valence-corrected chi connectivity index (χ1v) is 8.02. The van der Waals surface area contributed by atoms with Gasteiger partial charge >= 0.3 is 0 Å². The van der Waals surface area contributed by atoms with Crippen LogP contribution in [-0.4, -0.2) is 33.8 Å². The summed E-state index contributed by atoms with van der Waals surface area (Å²) < 4.78 is 5.24. The Kier molecular flexibility index (Phi) is 4.73. The zero-order valence-electron chi connectivity index (χ0n) is 14.3. The van der Waals surface area contributed by atoms with Gasteiger partial charge in [-0.05, 0) is 40.5 Å². The van der Waals surface area contributed by atoms with E-state index in [2.05, 4.69) is 62.3 Å². The number of aromatic nitrogens is 2. The van der Waals surface area contributed by atoms with E-state index < -0.39 is 0 Å². The maximum absolute atomic E-state index is 5.24. The molecule has 1 aliphatic heterocycles. The SMILES string of the molecule is CC(C)c1nc(CCNC2CC(C)(C)NC(C)(C)C2)no1. The fourth-order valence-corrected chi connectivity index (χ4v) is 3.46. The molecule has 0 unspecified atom stereocenters. The molecule has 0 atom stereocenters. The van der Waals surface area contributed by atoms with Gasteiger partial charge in [-0.25, -0.2) is 0 Å². The van der Waals surface area contributed by atoms with E-state index in [9.17, 15) is 0 Å². The van der Waals surface area contributed by atoms with Crippen molar-refractivity contribution in [3.63, 3.8) is 0 Å². The van der Waals surface area contributed by atoms with Crippen molar-refractivity contribution >= 4 is 0 Å². The van der Waals surface area contributed by atoms with E-state index in [1.165, 1.54) is 0 Å². The molecule has 0 spiro atoms. The quantitative estimate of drug-likeness (QED) is 0.874. The lowest BCUT2D eigenvalue weighted by atomic mass is 9.79. The van der Waals surface area contributed by atoms with Gasteiger partial charge in [-0.3, -0.25) is 0 Å². The van der Waals surface area contributed by atoms with Crippen molar-refractivity contribution in [3.8, 4) is 0 Å². The number of nitrogens with zero attached hydrogens (tertiary/aromatic N) is 2. The molecule has 21 heavy (non-hydrogen) atoms. The lowest BCUT2D eigenvalue weighted by Gasteiger charge is -2.46. The van der Waals surface area contributed by atoms with E-state index >= 15 is 0 Å². The van der Waals surface area contributed by atoms with Crippen molar-refractivity contribution in [2.75, 3.05) is 6.54 Å². The summed E-state index contributed by atoms with van der Waals surface area (Å²) in [5.41, 5.74) is 0.354. The molecule has 0 bridgehead atoms. The highest BCUT2D eigenvalue weighted by atomic mass is 16.5. The van der Waals surface area contributed by atoms with Gasteiger partial charge < -0.3 is 15.2 Å². The molecular weight excluding hydrogens is 264 g/mol. The molecule has 1 fully saturated rings. The second-order valence-corrected chi connectivity index (χ2v) is 7.91. The lowest BCUT2D eigenvalue weighted by Crippen LogP contribution is -2.61. The third-order valence-electron chi connectivity index (χ3n) is 3.95. The molecule has 1 saturated heterocycles. The molecule has 1 aromatic heterocycles. The normalized spacial score (nSPS) is 21.9. The number of hydrogen-bond donors (Lipinski definition) is 2. The monoisotopic (exact) mass is 294 g/mol. The fourth-order valence-electron chi connectivity index (χ4n) is 3.46. The van der Waals surface area contributed by atoms with E-state index in [0.29, 0.717) is 12.0 Å². The third kappa shape index (κ3) is 4.78. The van der Waals surface area contributed by atoms with Gasteiger partial charge in [0.15, 0.2) is 5.82 Å². The standard InChI is InChI=1S/C16H30N4O/c1-11(2)14-18-13(19-21-14)7-8-17-12-9-15(3,4)20-16(5,6)10-12/h11-12,17,20H,7-10H2,1-6H3. The zero-order valence-corrected chi connectivity index (χ0v) is 14.3. The van der Waals surface area contributed by atoms with Crippen molar-refractivity contribution in [1.82, 2.24) is 20.8 Å². The highest BCUT2D eigenvalue weighted by Gasteiger charge is 2.37. The minimum absolute atomic E-state index is 0.177. The number of piperidine rings is 1. The highest BCUT2D eigenvalue weighted by Crippen LogP contribution is 2.28. The number of hydrogen-bond acceptors (Lipinski definition) is 5. The first kappa shape index (κ1) is 16.4. The average molecular weight is 294 g/mol. The van der Waals surface area contributed by atoms with Crippen LogP contribution in [0.2, 0.25) is 0 Å². The van der Waals surface area contributed by atoms with Crippen LogP contribution in [0.15, 0.2) is 4.52 Å². The van der Waals surface area contributed by atoms with Gasteiger partial charge in [0, 0.05) is 36.0 Å². The molecule has 2 N–H and O–H groups in total. The summed E-state index contributed by atoms with van der Waals surface area (Å²) in [5, 5.41) is 11.4. The van der Waals surface area contributed by atoms with Gasteiger partial charge in [0.05, 0.1) is 0 Å². The van der Waals surface area contributed by atoms with Gasteiger partial charge in [-0.15, -0.1) is 0 Å². The van der Waals surface area contributed by atoms with Crippen molar-refractivity contribution in [3.05, 3.63) is 11.7 Å². The summed E-state index contributed by atoms with van der Waals surface area (Å²) in [6.07, 6.45) is 3.10.